The molecule has 0 saturated carbocycles. The molecule has 0 aromatic carbocycles. The molecule has 0 aliphatic carbocycles. The van der Waals surface area contributed by atoms with E-state index in [0.717, 1.165) is 0 Å². The third-order valence-corrected chi connectivity index (χ3v) is 1.97. The standard InChI is InChI=1S/C11H15NO2/c1-4-11(2,3)12-8-9(13)10-6-5-7-14-10/h1,5-7,9,12-13H,8H2,2-3H3. The normalized spacial score (nSPS) is 13.6. The molecule has 76 valence electrons. The van der Waals surface area contributed by atoms with Crippen molar-refractivity contribution in [1.82, 2.24) is 5.32 Å². The second-order valence-corrected chi connectivity index (χ2v) is 3.68. The van der Waals surface area contributed by atoms with Gasteiger partial charge in [0.2, 0.25) is 0 Å². The van der Waals surface area contributed by atoms with E-state index in [1.165, 1.54) is 6.26 Å². The second-order valence-electron chi connectivity index (χ2n) is 3.68. The molecule has 3 heteroatoms. The zero-order valence-electron chi connectivity index (χ0n) is 8.45. The number of nitrogens with one attached hydrogen (secondary N) is 1. The monoisotopic (exact) mass is 193 g/mol. The lowest BCUT2D eigenvalue weighted by molar-refractivity contribution is 0.141. The predicted octanol–water partition coefficient (Wildman–Crippen LogP) is 1.31. The van der Waals surface area contributed by atoms with Crippen LogP contribution in [0.15, 0.2) is 22.8 Å². The molecule has 1 aromatic rings. The maximum absolute atomic E-state index is 9.64. The summed E-state index contributed by atoms with van der Waals surface area (Å²) in [6.07, 6.45) is 6.17. The first-order valence-electron chi connectivity index (χ1n) is 4.49. The van der Waals surface area contributed by atoms with Crippen LogP contribution in [-0.4, -0.2) is 17.2 Å². The summed E-state index contributed by atoms with van der Waals surface area (Å²) >= 11 is 0. The maximum Gasteiger partial charge on any atom is 0.133 e. The third-order valence-electron chi connectivity index (χ3n) is 1.97. The first-order valence-corrected chi connectivity index (χ1v) is 4.49. The van der Waals surface area contributed by atoms with Crippen LogP contribution < -0.4 is 5.32 Å². The van der Waals surface area contributed by atoms with Crippen molar-refractivity contribution in [3.63, 3.8) is 0 Å². The van der Waals surface area contributed by atoms with Crippen LogP contribution in [0.5, 0.6) is 0 Å². The van der Waals surface area contributed by atoms with Crippen LogP contribution in [0.2, 0.25) is 0 Å². The number of β-amino-alcohol motifs (C(OH)–C–C–N with tert-alkyl or cyclic N) is 1. The van der Waals surface area contributed by atoms with E-state index >= 15 is 0 Å². The van der Waals surface area contributed by atoms with Crippen molar-refractivity contribution in [3.8, 4) is 12.3 Å². The van der Waals surface area contributed by atoms with Gasteiger partial charge in [-0.25, -0.2) is 0 Å². The highest BCUT2D eigenvalue weighted by atomic mass is 16.4. The van der Waals surface area contributed by atoms with E-state index in [0.29, 0.717) is 12.3 Å². The number of hydrogen-bond acceptors (Lipinski definition) is 3. The lowest BCUT2D eigenvalue weighted by atomic mass is 10.1. The highest BCUT2D eigenvalue weighted by Gasteiger charge is 2.16. The fourth-order valence-electron chi connectivity index (χ4n) is 0.984. The molecule has 14 heavy (non-hydrogen) atoms. The lowest BCUT2D eigenvalue weighted by Crippen LogP contribution is -2.40. The minimum atomic E-state index is -0.655. The number of aliphatic hydroxyl groups excluding tert-OH is 1. The Balaban J connectivity index is 2.44. The largest absolute Gasteiger partial charge is 0.467 e. The summed E-state index contributed by atoms with van der Waals surface area (Å²) in [5.41, 5.74) is -0.409. The van der Waals surface area contributed by atoms with Crippen LogP contribution in [0.1, 0.15) is 25.7 Å². The molecule has 0 bridgehead atoms. The number of terminal acetylenes is 1. The topological polar surface area (TPSA) is 45.4 Å². The Morgan fingerprint density at radius 1 is 1.71 bits per heavy atom. The van der Waals surface area contributed by atoms with Crippen molar-refractivity contribution < 1.29 is 9.52 Å². The molecule has 2 N–H and O–H groups in total. The van der Waals surface area contributed by atoms with Gasteiger partial charge in [-0.15, -0.1) is 6.42 Å². The van der Waals surface area contributed by atoms with Crippen LogP contribution >= 0.6 is 0 Å². The van der Waals surface area contributed by atoms with E-state index in [2.05, 4.69) is 11.2 Å². The molecule has 1 rings (SSSR count). The summed E-state index contributed by atoms with van der Waals surface area (Å²) in [5, 5.41) is 12.7. The number of hydrogen-bond donors (Lipinski definition) is 2. The number of rotatable bonds is 4. The van der Waals surface area contributed by atoms with Gasteiger partial charge in [0.05, 0.1) is 11.8 Å². The molecular formula is C11H15NO2. The third kappa shape index (κ3) is 2.91. The van der Waals surface area contributed by atoms with Gasteiger partial charge in [-0.2, -0.15) is 0 Å². The summed E-state index contributed by atoms with van der Waals surface area (Å²) in [6, 6.07) is 3.47. The minimum absolute atomic E-state index is 0.380. The Kier molecular flexibility index (Phi) is 3.34. The molecule has 1 unspecified atom stereocenters. The summed E-state index contributed by atoms with van der Waals surface area (Å²) in [4.78, 5) is 0. The van der Waals surface area contributed by atoms with E-state index in [9.17, 15) is 5.11 Å². The quantitative estimate of drug-likeness (QED) is 0.709. The van der Waals surface area contributed by atoms with Crippen molar-refractivity contribution >= 4 is 0 Å². The number of aliphatic hydroxyl groups is 1. The van der Waals surface area contributed by atoms with Crippen LogP contribution in [0.25, 0.3) is 0 Å². The first kappa shape index (κ1) is 10.8. The smallest absolute Gasteiger partial charge is 0.133 e. The van der Waals surface area contributed by atoms with E-state index in [-0.39, 0.29) is 0 Å². The molecule has 0 spiro atoms. The molecule has 0 saturated heterocycles. The number of furan rings is 1. The van der Waals surface area contributed by atoms with Crippen molar-refractivity contribution in [2.24, 2.45) is 0 Å². The van der Waals surface area contributed by atoms with Gasteiger partial charge in [-0.05, 0) is 26.0 Å². The average molecular weight is 193 g/mol. The molecule has 0 amide bonds. The zero-order chi connectivity index (χ0) is 10.6. The van der Waals surface area contributed by atoms with Crippen LogP contribution in [0, 0.1) is 12.3 Å². The van der Waals surface area contributed by atoms with Gasteiger partial charge in [0, 0.05) is 6.54 Å². The average Bonchev–Trinajstić information content (AvgIpc) is 2.67. The summed E-state index contributed by atoms with van der Waals surface area (Å²) in [5.74, 6) is 3.14. The molecule has 1 atom stereocenters. The zero-order valence-corrected chi connectivity index (χ0v) is 8.45. The van der Waals surface area contributed by atoms with Crippen molar-refractivity contribution in [2.45, 2.75) is 25.5 Å². The molecule has 1 aromatic heterocycles. The molecule has 0 aliphatic heterocycles. The summed E-state index contributed by atoms with van der Waals surface area (Å²) < 4.78 is 5.05. The predicted molar refractivity (Wildman–Crippen MR) is 54.6 cm³/mol. The maximum atomic E-state index is 9.64. The van der Waals surface area contributed by atoms with Gasteiger partial charge < -0.3 is 9.52 Å². The highest BCUT2D eigenvalue weighted by Crippen LogP contribution is 2.12. The Bertz CT molecular complexity index is 309. The van der Waals surface area contributed by atoms with Crippen LogP contribution in [0.4, 0.5) is 0 Å². The van der Waals surface area contributed by atoms with Gasteiger partial charge in [0.25, 0.3) is 0 Å². The summed E-state index contributed by atoms with van der Waals surface area (Å²) in [6.45, 7) is 4.13. The molecular weight excluding hydrogens is 178 g/mol. The van der Waals surface area contributed by atoms with Gasteiger partial charge >= 0.3 is 0 Å². The van der Waals surface area contributed by atoms with Crippen molar-refractivity contribution in [2.75, 3.05) is 6.54 Å². The molecule has 1 heterocycles. The van der Waals surface area contributed by atoms with E-state index in [1.54, 1.807) is 12.1 Å². The Morgan fingerprint density at radius 3 is 2.93 bits per heavy atom. The van der Waals surface area contributed by atoms with Gasteiger partial charge in [-0.1, -0.05) is 5.92 Å². The van der Waals surface area contributed by atoms with Gasteiger partial charge in [0.15, 0.2) is 0 Å². The molecule has 0 fully saturated rings. The second kappa shape index (κ2) is 4.32. The lowest BCUT2D eigenvalue weighted by Gasteiger charge is -2.21. The van der Waals surface area contributed by atoms with Crippen LogP contribution in [0.3, 0.4) is 0 Å². The molecule has 3 nitrogen and oxygen atoms in total. The van der Waals surface area contributed by atoms with Crippen LogP contribution in [-0.2, 0) is 0 Å². The van der Waals surface area contributed by atoms with E-state index < -0.39 is 11.6 Å². The van der Waals surface area contributed by atoms with E-state index in [4.69, 9.17) is 10.8 Å². The Morgan fingerprint density at radius 2 is 2.43 bits per heavy atom. The Hall–Kier alpha value is -1.24. The SMILES string of the molecule is C#CC(C)(C)NCC(O)c1ccco1. The van der Waals surface area contributed by atoms with Crippen molar-refractivity contribution in [1.29, 1.82) is 0 Å². The van der Waals surface area contributed by atoms with Gasteiger partial charge in [-0.3, -0.25) is 5.32 Å². The fourth-order valence-corrected chi connectivity index (χ4v) is 0.984. The molecule has 0 aliphatic rings. The minimum Gasteiger partial charge on any atom is -0.467 e. The first-order chi connectivity index (χ1) is 6.55. The van der Waals surface area contributed by atoms with Crippen molar-refractivity contribution in [3.05, 3.63) is 24.2 Å². The highest BCUT2D eigenvalue weighted by molar-refractivity contribution is 5.09. The Labute approximate surface area is 84.1 Å². The van der Waals surface area contributed by atoms with Gasteiger partial charge in [0.1, 0.15) is 11.9 Å². The molecule has 0 radical (unpaired) electrons. The fraction of sp³-hybridized carbons (Fsp3) is 0.455. The summed E-state index contributed by atoms with van der Waals surface area (Å²) in [7, 11) is 0. The van der Waals surface area contributed by atoms with E-state index in [1.807, 2.05) is 13.8 Å².